The molecule has 0 atom stereocenters. The van der Waals surface area contributed by atoms with Crippen LogP contribution in [0.3, 0.4) is 0 Å². The zero-order valence-electron chi connectivity index (χ0n) is 23.0. The Hall–Kier alpha value is -3.39. The first kappa shape index (κ1) is 27.6. The monoisotopic (exact) mass is 519 g/mol. The molecule has 0 radical (unpaired) electrons. The van der Waals surface area contributed by atoms with Crippen LogP contribution in [0.2, 0.25) is 0 Å². The number of hydrogen-bond donors (Lipinski definition) is 5. The molecular weight excluding hydrogens is 478 g/mol. The van der Waals surface area contributed by atoms with E-state index in [1.807, 2.05) is 38.1 Å². The lowest BCUT2D eigenvalue weighted by atomic mass is 9.58. The molecule has 1 spiro atoms. The average molecular weight is 520 g/mol. The third-order valence-corrected chi connectivity index (χ3v) is 8.10. The molecule has 204 valence electrons. The van der Waals surface area contributed by atoms with Crippen molar-refractivity contribution in [2.75, 3.05) is 24.5 Å². The molecule has 8 nitrogen and oxygen atoms in total. The van der Waals surface area contributed by atoms with Gasteiger partial charge in [0.05, 0.1) is 5.56 Å². The molecule has 5 N–H and O–H groups in total. The molecule has 1 aliphatic carbocycles. The molecule has 2 aliphatic rings. The van der Waals surface area contributed by atoms with Gasteiger partial charge in [0, 0.05) is 24.8 Å². The Balaban J connectivity index is 1.56. The minimum atomic E-state index is -0.615. The Morgan fingerprint density at radius 3 is 2.29 bits per heavy atom. The minimum absolute atomic E-state index is 0.0462. The fourth-order valence-electron chi connectivity index (χ4n) is 6.10. The molecule has 0 unspecified atom stereocenters. The van der Waals surface area contributed by atoms with Crippen molar-refractivity contribution in [1.29, 1.82) is 10.8 Å². The molecule has 2 aromatic carbocycles. The first-order valence-corrected chi connectivity index (χ1v) is 13.7. The van der Waals surface area contributed by atoms with E-state index in [0.717, 1.165) is 31.1 Å². The maximum absolute atomic E-state index is 12.7. The number of amidine groups is 2. The summed E-state index contributed by atoms with van der Waals surface area (Å²) < 4.78 is 0. The topological polar surface area (TPSA) is 124 Å². The number of phenols is 2. The van der Waals surface area contributed by atoms with Gasteiger partial charge in [-0.05, 0) is 92.3 Å². The van der Waals surface area contributed by atoms with Crippen LogP contribution in [-0.2, 0) is 11.3 Å². The van der Waals surface area contributed by atoms with Gasteiger partial charge in [-0.25, -0.2) is 0 Å². The van der Waals surface area contributed by atoms with Crippen molar-refractivity contribution in [2.24, 2.45) is 11.3 Å². The second kappa shape index (κ2) is 11.2. The van der Waals surface area contributed by atoms with E-state index >= 15 is 0 Å². The summed E-state index contributed by atoms with van der Waals surface area (Å²) >= 11 is 0. The summed E-state index contributed by atoms with van der Waals surface area (Å²) in [6.45, 7) is 11.3. The first-order chi connectivity index (χ1) is 18.0. The van der Waals surface area contributed by atoms with Gasteiger partial charge in [-0.15, -0.1) is 0 Å². The molecule has 0 aromatic heterocycles. The number of likely N-dealkylation sites (N-methyl/N-ethyl adjacent to an activating group) is 1. The number of nitrogens with one attached hydrogen (secondary N) is 3. The maximum Gasteiger partial charge on any atom is 0.287 e. The SMILES string of the molecule is CCNC(=O)C(=N)N(C(=N)c1cc(C(C)C)c(O)cc1O)c1ccc(CN2CCC3(CC2)CC(C)C3)cc1. The standard InChI is InChI=1S/C30H41N5O3/c1-5-33-29(38)28(32)35(27(31)24-14-23(19(2)3)25(36)15-26(24)37)22-8-6-21(7-9-22)18-34-12-10-30(11-13-34)16-20(4)17-30/h6-9,14-15,19-20,31-32,36-37H,5,10-13,16-18H2,1-4H3,(H,33,38). The fraction of sp³-hybridized carbons (Fsp3) is 0.500. The van der Waals surface area contributed by atoms with Gasteiger partial charge >= 0.3 is 0 Å². The van der Waals surface area contributed by atoms with Crippen molar-refractivity contribution < 1.29 is 15.0 Å². The summed E-state index contributed by atoms with van der Waals surface area (Å²) in [5.41, 5.74) is 2.90. The third kappa shape index (κ3) is 5.70. The van der Waals surface area contributed by atoms with E-state index < -0.39 is 11.7 Å². The number of carbonyl (C=O) groups excluding carboxylic acids is 1. The molecule has 38 heavy (non-hydrogen) atoms. The van der Waals surface area contributed by atoms with Crippen molar-refractivity contribution in [3.8, 4) is 11.5 Å². The number of carbonyl (C=O) groups is 1. The molecule has 2 fully saturated rings. The highest BCUT2D eigenvalue weighted by molar-refractivity contribution is 6.48. The highest BCUT2D eigenvalue weighted by atomic mass is 16.3. The maximum atomic E-state index is 12.7. The van der Waals surface area contributed by atoms with Crippen LogP contribution >= 0.6 is 0 Å². The first-order valence-electron chi connectivity index (χ1n) is 13.7. The molecule has 8 heteroatoms. The Bertz CT molecular complexity index is 1190. The predicted molar refractivity (Wildman–Crippen MR) is 151 cm³/mol. The van der Waals surface area contributed by atoms with Gasteiger partial charge in [-0.2, -0.15) is 0 Å². The van der Waals surface area contributed by atoms with Crippen LogP contribution in [0.5, 0.6) is 11.5 Å². The predicted octanol–water partition coefficient (Wildman–Crippen LogP) is 5.18. The van der Waals surface area contributed by atoms with Crippen molar-refractivity contribution in [2.45, 2.75) is 65.8 Å². The lowest BCUT2D eigenvalue weighted by Crippen LogP contribution is -2.46. The number of rotatable bonds is 6. The molecule has 1 saturated carbocycles. The van der Waals surface area contributed by atoms with Gasteiger partial charge in [0.1, 0.15) is 17.3 Å². The number of hydrogen-bond acceptors (Lipinski definition) is 6. The number of likely N-dealkylation sites (tertiary alicyclic amines) is 1. The van der Waals surface area contributed by atoms with E-state index in [1.54, 1.807) is 13.0 Å². The third-order valence-electron chi connectivity index (χ3n) is 8.10. The Kier molecular flexibility index (Phi) is 8.11. The zero-order chi connectivity index (χ0) is 27.6. The number of phenolic OH excluding ortho intramolecular Hbond substituents is 2. The minimum Gasteiger partial charge on any atom is -0.508 e. The van der Waals surface area contributed by atoms with Crippen molar-refractivity contribution >= 4 is 23.3 Å². The van der Waals surface area contributed by atoms with Crippen LogP contribution in [0.1, 0.15) is 76.0 Å². The Morgan fingerprint density at radius 2 is 1.74 bits per heavy atom. The zero-order valence-corrected chi connectivity index (χ0v) is 23.0. The van der Waals surface area contributed by atoms with Crippen LogP contribution in [0.15, 0.2) is 36.4 Å². The number of nitrogens with zero attached hydrogens (tertiary/aromatic N) is 2. The van der Waals surface area contributed by atoms with E-state index in [0.29, 0.717) is 23.2 Å². The van der Waals surface area contributed by atoms with Gasteiger partial charge in [0.15, 0.2) is 5.84 Å². The smallest absolute Gasteiger partial charge is 0.287 e. The lowest BCUT2D eigenvalue weighted by Gasteiger charge is -2.51. The average Bonchev–Trinajstić information content (AvgIpc) is 2.85. The van der Waals surface area contributed by atoms with E-state index in [2.05, 4.69) is 17.1 Å². The van der Waals surface area contributed by atoms with Crippen LogP contribution in [0.4, 0.5) is 5.69 Å². The number of anilines is 1. The van der Waals surface area contributed by atoms with Gasteiger partial charge in [0.2, 0.25) is 0 Å². The van der Waals surface area contributed by atoms with Gasteiger partial charge in [0.25, 0.3) is 5.91 Å². The second-order valence-electron chi connectivity index (χ2n) is 11.4. The van der Waals surface area contributed by atoms with E-state index in [4.69, 9.17) is 10.8 Å². The summed E-state index contributed by atoms with van der Waals surface area (Å²) in [6.07, 6.45) is 5.26. The largest absolute Gasteiger partial charge is 0.508 e. The quantitative estimate of drug-likeness (QED) is 0.266. The summed E-state index contributed by atoms with van der Waals surface area (Å²) in [6, 6.07) is 10.4. The van der Waals surface area contributed by atoms with Crippen molar-refractivity contribution in [1.82, 2.24) is 10.2 Å². The number of amides is 1. The molecule has 1 saturated heterocycles. The molecule has 1 heterocycles. The van der Waals surface area contributed by atoms with Gasteiger partial charge < -0.3 is 15.5 Å². The van der Waals surface area contributed by atoms with Gasteiger partial charge in [-0.1, -0.05) is 32.9 Å². The highest BCUT2D eigenvalue weighted by Gasteiger charge is 2.43. The fourth-order valence-corrected chi connectivity index (χ4v) is 6.10. The van der Waals surface area contributed by atoms with Crippen LogP contribution < -0.4 is 10.2 Å². The number of benzene rings is 2. The second-order valence-corrected chi connectivity index (χ2v) is 11.4. The Morgan fingerprint density at radius 1 is 1.11 bits per heavy atom. The number of aromatic hydroxyl groups is 2. The van der Waals surface area contributed by atoms with Crippen molar-refractivity contribution in [3.05, 3.63) is 53.1 Å². The number of piperidine rings is 1. The van der Waals surface area contributed by atoms with Crippen LogP contribution in [0, 0.1) is 22.2 Å². The summed E-state index contributed by atoms with van der Waals surface area (Å²) in [5.74, 6) is -0.769. The Labute approximate surface area is 225 Å². The highest BCUT2D eigenvalue weighted by Crippen LogP contribution is 2.52. The molecule has 1 aliphatic heterocycles. The van der Waals surface area contributed by atoms with E-state index in [1.165, 1.54) is 36.6 Å². The van der Waals surface area contributed by atoms with E-state index in [-0.39, 0.29) is 28.8 Å². The van der Waals surface area contributed by atoms with Crippen LogP contribution in [0.25, 0.3) is 0 Å². The summed E-state index contributed by atoms with van der Waals surface area (Å²) in [5, 5.41) is 41.0. The summed E-state index contributed by atoms with van der Waals surface area (Å²) in [7, 11) is 0. The lowest BCUT2D eigenvalue weighted by molar-refractivity contribution is -0.114. The molecular formula is C30H41N5O3. The van der Waals surface area contributed by atoms with Gasteiger partial charge in [-0.3, -0.25) is 25.4 Å². The molecule has 0 bridgehead atoms. The molecule has 4 rings (SSSR count). The van der Waals surface area contributed by atoms with E-state index in [9.17, 15) is 15.0 Å². The molecule has 1 amide bonds. The summed E-state index contributed by atoms with van der Waals surface area (Å²) in [4.78, 5) is 16.4. The van der Waals surface area contributed by atoms with Crippen LogP contribution in [-0.4, -0.2) is 52.3 Å². The van der Waals surface area contributed by atoms with Crippen molar-refractivity contribution in [3.63, 3.8) is 0 Å². The molecule has 2 aromatic rings. The normalized spacial score (nSPS) is 17.3.